The van der Waals surface area contributed by atoms with Crippen LogP contribution in [0.1, 0.15) is 44.9 Å². The second-order valence-corrected chi connectivity index (χ2v) is 3.79. The lowest BCUT2D eigenvalue weighted by molar-refractivity contribution is -0.142. The molecular formula is C13H20O2. The van der Waals surface area contributed by atoms with Crippen LogP contribution in [0.3, 0.4) is 0 Å². The zero-order valence-corrected chi connectivity index (χ0v) is 9.28. The van der Waals surface area contributed by atoms with E-state index in [1.165, 1.54) is 6.42 Å². The van der Waals surface area contributed by atoms with Crippen molar-refractivity contribution >= 4 is 5.97 Å². The minimum atomic E-state index is -0.0983. The van der Waals surface area contributed by atoms with Crippen molar-refractivity contribution in [1.29, 1.82) is 0 Å². The lowest BCUT2D eigenvalue weighted by Crippen LogP contribution is -2.04. The Hall–Kier alpha value is -1.05. The molecule has 1 rings (SSSR count). The molecule has 0 fully saturated rings. The van der Waals surface area contributed by atoms with Gasteiger partial charge in [-0.25, -0.2) is 0 Å². The summed E-state index contributed by atoms with van der Waals surface area (Å²) in [6.07, 6.45) is 15.4. The highest BCUT2D eigenvalue weighted by atomic mass is 16.5. The molecule has 0 aliphatic carbocycles. The van der Waals surface area contributed by atoms with E-state index in [0.717, 1.165) is 32.1 Å². The molecule has 1 heterocycles. The Labute approximate surface area is 92.0 Å². The maximum atomic E-state index is 11.2. The van der Waals surface area contributed by atoms with Gasteiger partial charge in [0.1, 0.15) is 0 Å². The van der Waals surface area contributed by atoms with Gasteiger partial charge in [-0.05, 0) is 38.5 Å². The third-order valence-corrected chi connectivity index (χ3v) is 2.40. The van der Waals surface area contributed by atoms with E-state index in [-0.39, 0.29) is 5.97 Å². The monoisotopic (exact) mass is 208 g/mol. The maximum Gasteiger partial charge on any atom is 0.309 e. The zero-order chi connectivity index (χ0) is 10.8. The largest absolute Gasteiger partial charge is 0.465 e. The molecule has 2 heteroatoms. The fourth-order valence-electron chi connectivity index (χ4n) is 1.51. The minimum absolute atomic E-state index is 0.0983. The first-order chi connectivity index (χ1) is 7.39. The minimum Gasteiger partial charge on any atom is -0.465 e. The predicted octanol–water partition coefficient (Wildman–Crippen LogP) is 3.39. The molecule has 0 unspecified atom stereocenters. The van der Waals surface area contributed by atoms with E-state index >= 15 is 0 Å². The topological polar surface area (TPSA) is 26.3 Å². The maximum absolute atomic E-state index is 11.2. The molecule has 0 spiro atoms. The molecule has 2 nitrogen and oxygen atoms in total. The lowest BCUT2D eigenvalue weighted by atomic mass is 10.1. The van der Waals surface area contributed by atoms with Crippen LogP contribution in [0.25, 0.3) is 0 Å². The van der Waals surface area contributed by atoms with E-state index in [2.05, 4.69) is 18.2 Å². The van der Waals surface area contributed by atoms with Crippen LogP contribution in [0, 0.1) is 0 Å². The first-order valence-corrected chi connectivity index (χ1v) is 5.85. The van der Waals surface area contributed by atoms with E-state index in [1.54, 1.807) is 0 Å². The van der Waals surface area contributed by atoms with Gasteiger partial charge in [-0.3, -0.25) is 4.79 Å². The summed E-state index contributed by atoms with van der Waals surface area (Å²) in [5.41, 5.74) is 0. The highest BCUT2D eigenvalue weighted by Crippen LogP contribution is 2.04. The molecule has 0 amide bonds. The summed E-state index contributed by atoms with van der Waals surface area (Å²) in [5.74, 6) is -0.0983. The van der Waals surface area contributed by atoms with Gasteiger partial charge in [0.2, 0.25) is 0 Å². The number of hydrogen-bond acceptors (Lipinski definition) is 2. The first kappa shape index (κ1) is 12.0. The summed E-state index contributed by atoms with van der Waals surface area (Å²) in [5, 5.41) is 0. The average Bonchev–Trinajstić information content (AvgIpc) is 2.24. The van der Waals surface area contributed by atoms with Crippen LogP contribution < -0.4 is 0 Å². The Morgan fingerprint density at radius 1 is 0.867 bits per heavy atom. The zero-order valence-electron chi connectivity index (χ0n) is 9.28. The van der Waals surface area contributed by atoms with Gasteiger partial charge in [0.25, 0.3) is 0 Å². The summed E-state index contributed by atoms with van der Waals surface area (Å²) >= 11 is 0. The van der Waals surface area contributed by atoms with Crippen LogP contribution in [0.4, 0.5) is 0 Å². The van der Waals surface area contributed by atoms with Crippen molar-refractivity contribution in [3.05, 3.63) is 24.3 Å². The molecule has 0 radical (unpaired) electrons. The molecule has 84 valence electrons. The molecule has 0 N–H and O–H groups in total. The fraction of sp³-hybridized carbons (Fsp3) is 0.615. The van der Waals surface area contributed by atoms with Crippen molar-refractivity contribution < 1.29 is 9.53 Å². The van der Waals surface area contributed by atoms with Crippen LogP contribution in [0.2, 0.25) is 0 Å². The molecule has 0 aromatic heterocycles. The molecule has 0 aromatic carbocycles. The van der Waals surface area contributed by atoms with Gasteiger partial charge in [-0.15, -0.1) is 0 Å². The summed E-state index contributed by atoms with van der Waals surface area (Å²) in [7, 11) is 0. The van der Waals surface area contributed by atoms with Crippen molar-refractivity contribution in [2.24, 2.45) is 0 Å². The van der Waals surface area contributed by atoms with E-state index in [4.69, 9.17) is 4.74 Å². The number of rotatable bonds is 0. The summed E-state index contributed by atoms with van der Waals surface area (Å²) in [6, 6.07) is 0. The van der Waals surface area contributed by atoms with Crippen molar-refractivity contribution in [2.75, 3.05) is 6.61 Å². The van der Waals surface area contributed by atoms with Crippen LogP contribution in [-0.4, -0.2) is 12.6 Å². The Kier molecular flexibility index (Phi) is 6.63. The number of allylic oxidation sites excluding steroid dienone is 3. The molecule has 0 saturated carbocycles. The van der Waals surface area contributed by atoms with Crippen LogP contribution >= 0.6 is 0 Å². The molecule has 0 aromatic rings. The van der Waals surface area contributed by atoms with Crippen molar-refractivity contribution in [2.45, 2.75) is 44.9 Å². The smallest absolute Gasteiger partial charge is 0.309 e. The van der Waals surface area contributed by atoms with Gasteiger partial charge in [-0.2, -0.15) is 0 Å². The van der Waals surface area contributed by atoms with Crippen molar-refractivity contribution in [1.82, 2.24) is 0 Å². The van der Waals surface area contributed by atoms with E-state index in [0.29, 0.717) is 13.0 Å². The number of ether oxygens (including phenoxy) is 1. The summed E-state index contributed by atoms with van der Waals surface area (Å²) in [6.45, 7) is 0.580. The Morgan fingerprint density at radius 3 is 2.47 bits per heavy atom. The van der Waals surface area contributed by atoms with Gasteiger partial charge in [-0.1, -0.05) is 24.3 Å². The summed E-state index contributed by atoms with van der Waals surface area (Å²) in [4.78, 5) is 11.2. The number of cyclic esters (lactones) is 1. The van der Waals surface area contributed by atoms with Gasteiger partial charge in [0.05, 0.1) is 13.0 Å². The second kappa shape index (κ2) is 8.27. The van der Waals surface area contributed by atoms with Crippen molar-refractivity contribution in [3.8, 4) is 0 Å². The van der Waals surface area contributed by atoms with Gasteiger partial charge in [0.15, 0.2) is 0 Å². The third-order valence-electron chi connectivity index (χ3n) is 2.40. The quantitative estimate of drug-likeness (QED) is 0.450. The van der Waals surface area contributed by atoms with Crippen LogP contribution in [-0.2, 0) is 9.53 Å². The predicted molar refractivity (Wildman–Crippen MR) is 61.6 cm³/mol. The first-order valence-electron chi connectivity index (χ1n) is 5.85. The molecular weight excluding hydrogens is 188 g/mol. The van der Waals surface area contributed by atoms with E-state index in [1.807, 2.05) is 6.08 Å². The Morgan fingerprint density at radius 2 is 1.60 bits per heavy atom. The number of hydrogen-bond donors (Lipinski definition) is 0. The van der Waals surface area contributed by atoms with Crippen molar-refractivity contribution in [3.63, 3.8) is 0 Å². The summed E-state index contributed by atoms with van der Waals surface area (Å²) < 4.78 is 5.08. The van der Waals surface area contributed by atoms with E-state index in [9.17, 15) is 4.79 Å². The SMILES string of the molecule is O=C1C/C=C\CC/C=C\CCCCCO1. The molecule has 15 heavy (non-hydrogen) atoms. The molecule has 1 aliphatic rings. The standard InChI is InChI=1S/C13H20O2/c14-13-11-9-7-5-3-1-2-4-6-8-10-12-15-13/h1-2,7,9H,3-6,8,10-12H2/b2-1-,9-7-. The number of esters is 1. The lowest BCUT2D eigenvalue weighted by Gasteiger charge is -2.03. The molecule has 0 saturated heterocycles. The van der Waals surface area contributed by atoms with Gasteiger partial charge in [0, 0.05) is 0 Å². The highest BCUT2D eigenvalue weighted by Gasteiger charge is 1.98. The van der Waals surface area contributed by atoms with Gasteiger partial charge < -0.3 is 4.74 Å². The molecule has 1 aliphatic heterocycles. The number of carbonyl (C=O) groups excluding carboxylic acids is 1. The molecule has 0 atom stereocenters. The normalized spacial score (nSPS) is 24.9. The van der Waals surface area contributed by atoms with Crippen LogP contribution in [0.15, 0.2) is 24.3 Å². The number of carbonyl (C=O) groups is 1. The van der Waals surface area contributed by atoms with Gasteiger partial charge >= 0.3 is 5.97 Å². The van der Waals surface area contributed by atoms with Crippen LogP contribution in [0.5, 0.6) is 0 Å². The highest BCUT2D eigenvalue weighted by molar-refractivity contribution is 5.71. The van der Waals surface area contributed by atoms with E-state index < -0.39 is 0 Å². The fourth-order valence-corrected chi connectivity index (χ4v) is 1.51. The Balaban J connectivity index is 2.29. The Bertz CT molecular complexity index is 229. The second-order valence-electron chi connectivity index (χ2n) is 3.79. The third kappa shape index (κ3) is 6.95. The molecule has 0 bridgehead atoms. The average molecular weight is 208 g/mol.